The molecule has 0 atom stereocenters. The van der Waals surface area contributed by atoms with E-state index in [-0.39, 0.29) is 4.90 Å². The van der Waals surface area contributed by atoms with Gasteiger partial charge in [0.25, 0.3) is 0 Å². The molecule has 14 heavy (non-hydrogen) atoms. The fourth-order valence-electron chi connectivity index (χ4n) is 0.953. The molecule has 0 aromatic heterocycles. The monoisotopic (exact) mass is 342 g/mol. The second-order valence-corrected chi connectivity index (χ2v) is 5.83. The van der Waals surface area contributed by atoms with Crippen molar-refractivity contribution in [2.45, 2.75) is 4.90 Å². The maximum atomic E-state index is 11.1. The fourth-order valence-corrected chi connectivity index (χ4v) is 3.40. The quantitative estimate of drug-likeness (QED) is 0.861. The zero-order valence-electron chi connectivity index (χ0n) is 7.21. The fraction of sp³-hybridized carbons (Fsp3) is 0.143. The number of hydrogen-bond acceptors (Lipinski definition) is 3. The van der Waals surface area contributed by atoms with Gasteiger partial charge >= 0.3 is 0 Å². The zero-order valence-corrected chi connectivity index (χ0v) is 11.2. The summed E-state index contributed by atoms with van der Waals surface area (Å²) in [6.45, 7) is 0. The molecule has 0 spiro atoms. The third kappa shape index (κ3) is 2.47. The summed E-state index contributed by atoms with van der Waals surface area (Å²) in [6.07, 6.45) is 0. The Balaban J connectivity index is 3.43. The van der Waals surface area contributed by atoms with Crippen LogP contribution in [0.15, 0.2) is 26.0 Å². The van der Waals surface area contributed by atoms with Crippen LogP contribution in [0.2, 0.25) is 0 Å². The Morgan fingerprint density at radius 1 is 1.29 bits per heavy atom. The third-order valence-electron chi connectivity index (χ3n) is 1.59. The summed E-state index contributed by atoms with van der Waals surface area (Å²) >= 11 is 6.48. The average molecular weight is 344 g/mol. The molecule has 1 rings (SSSR count). The molecule has 3 N–H and O–H groups in total. The van der Waals surface area contributed by atoms with Crippen LogP contribution in [0.5, 0.6) is 0 Å². The van der Waals surface area contributed by atoms with E-state index >= 15 is 0 Å². The van der Waals surface area contributed by atoms with Crippen LogP contribution in [0.3, 0.4) is 0 Å². The molecule has 0 fully saturated rings. The van der Waals surface area contributed by atoms with Crippen molar-refractivity contribution < 1.29 is 8.42 Å². The van der Waals surface area contributed by atoms with Crippen molar-refractivity contribution in [3.8, 4) is 0 Å². The predicted molar refractivity (Wildman–Crippen MR) is 62.8 cm³/mol. The highest BCUT2D eigenvalue weighted by molar-refractivity contribution is 9.11. The van der Waals surface area contributed by atoms with Gasteiger partial charge in [-0.3, -0.25) is 0 Å². The first-order valence-electron chi connectivity index (χ1n) is 3.56. The van der Waals surface area contributed by atoms with Gasteiger partial charge in [-0.25, -0.2) is 13.6 Å². The van der Waals surface area contributed by atoms with E-state index in [1.54, 1.807) is 7.05 Å². The SMILES string of the molecule is CNc1c(Br)cc(S(N)(=O)=O)cc1Br. The van der Waals surface area contributed by atoms with Crippen LogP contribution in [0.25, 0.3) is 0 Å². The van der Waals surface area contributed by atoms with Crippen LogP contribution in [-0.2, 0) is 10.0 Å². The Morgan fingerprint density at radius 2 is 1.71 bits per heavy atom. The van der Waals surface area contributed by atoms with E-state index in [1.165, 1.54) is 12.1 Å². The maximum Gasteiger partial charge on any atom is 0.238 e. The minimum Gasteiger partial charge on any atom is -0.386 e. The highest BCUT2D eigenvalue weighted by Crippen LogP contribution is 2.33. The molecule has 0 saturated heterocycles. The van der Waals surface area contributed by atoms with E-state index < -0.39 is 10.0 Å². The third-order valence-corrected chi connectivity index (χ3v) is 3.74. The minimum atomic E-state index is -3.66. The predicted octanol–water partition coefficient (Wildman–Crippen LogP) is 1.90. The standard InChI is InChI=1S/C7H8Br2N2O2S/c1-11-7-5(8)2-4(3-6(7)9)14(10,12)13/h2-3,11H,1H3,(H2,10,12,13). The molecule has 0 aliphatic rings. The van der Waals surface area contributed by atoms with Gasteiger partial charge in [0, 0.05) is 16.0 Å². The van der Waals surface area contributed by atoms with Gasteiger partial charge in [-0.1, -0.05) is 0 Å². The van der Waals surface area contributed by atoms with E-state index in [1.807, 2.05) is 0 Å². The van der Waals surface area contributed by atoms with E-state index in [0.29, 0.717) is 8.95 Å². The normalized spacial score (nSPS) is 11.4. The highest BCUT2D eigenvalue weighted by Gasteiger charge is 2.13. The molecule has 1 aromatic rings. The van der Waals surface area contributed by atoms with Crippen molar-refractivity contribution >= 4 is 47.6 Å². The first-order valence-corrected chi connectivity index (χ1v) is 6.69. The van der Waals surface area contributed by atoms with Gasteiger partial charge in [-0.15, -0.1) is 0 Å². The lowest BCUT2D eigenvalue weighted by atomic mass is 10.3. The zero-order chi connectivity index (χ0) is 10.9. The van der Waals surface area contributed by atoms with E-state index in [2.05, 4.69) is 37.2 Å². The average Bonchev–Trinajstić information content (AvgIpc) is 2.01. The van der Waals surface area contributed by atoms with Gasteiger partial charge in [-0.05, 0) is 44.0 Å². The molecule has 0 saturated carbocycles. The molecule has 0 radical (unpaired) electrons. The summed E-state index contributed by atoms with van der Waals surface area (Å²) in [5, 5.41) is 7.91. The van der Waals surface area contributed by atoms with Gasteiger partial charge in [0.05, 0.1) is 10.6 Å². The Labute approximate surface area is 99.2 Å². The number of hydrogen-bond donors (Lipinski definition) is 2. The largest absolute Gasteiger partial charge is 0.386 e. The summed E-state index contributed by atoms with van der Waals surface area (Å²) in [7, 11) is -1.92. The van der Waals surface area contributed by atoms with Gasteiger partial charge in [-0.2, -0.15) is 0 Å². The van der Waals surface area contributed by atoms with Crippen LogP contribution in [0.1, 0.15) is 0 Å². The summed E-state index contributed by atoms with van der Waals surface area (Å²) in [4.78, 5) is 0.0650. The Morgan fingerprint density at radius 3 is 2.00 bits per heavy atom. The smallest absolute Gasteiger partial charge is 0.238 e. The summed E-state index contributed by atoms with van der Waals surface area (Å²) in [5.41, 5.74) is 0.775. The van der Waals surface area contributed by atoms with E-state index in [9.17, 15) is 8.42 Å². The number of sulfonamides is 1. The van der Waals surface area contributed by atoms with Crippen LogP contribution in [-0.4, -0.2) is 15.5 Å². The number of benzene rings is 1. The van der Waals surface area contributed by atoms with Crippen molar-refractivity contribution in [2.75, 3.05) is 12.4 Å². The number of halogens is 2. The molecule has 0 aliphatic carbocycles. The number of primary sulfonamides is 1. The van der Waals surface area contributed by atoms with Gasteiger partial charge in [0.1, 0.15) is 0 Å². The first-order chi connectivity index (χ1) is 6.36. The van der Waals surface area contributed by atoms with Gasteiger partial charge in [0.2, 0.25) is 10.0 Å². The molecule has 0 unspecified atom stereocenters. The molecule has 78 valence electrons. The molecular formula is C7H8Br2N2O2S. The second kappa shape index (κ2) is 4.18. The van der Waals surface area contributed by atoms with Gasteiger partial charge in [0.15, 0.2) is 0 Å². The second-order valence-electron chi connectivity index (χ2n) is 2.56. The molecular weight excluding hydrogens is 336 g/mol. The van der Waals surface area contributed by atoms with Crippen molar-refractivity contribution in [3.05, 3.63) is 21.1 Å². The Bertz CT molecular complexity index is 436. The Hall–Kier alpha value is -0.110. The Kier molecular flexibility index (Phi) is 3.57. The molecule has 7 heteroatoms. The number of anilines is 1. The molecule has 0 amide bonds. The van der Waals surface area contributed by atoms with E-state index in [4.69, 9.17) is 5.14 Å². The van der Waals surface area contributed by atoms with Crippen LogP contribution < -0.4 is 10.5 Å². The first kappa shape index (κ1) is 12.0. The lowest BCUT2D eigenvalue weighted by molar-refractivity contribution is 0.597. The number of nitrogens with one attached hydrogen (secondary N) is 1. The summed E-state index contributed by atoms with van der Waals surface area (Å²) < 4.78 is 23.4. The van der Waals surface area contributed by atoms with Gasteiger partial charge < -0.3 is 5.32 Å². The lowest BCUT2D eigenvalue weighted by Gasteiger charge is -2.08. The summed E-state index contributed by atoms with van der Waals surface area (Å²) in [5.74, 6) is 0. The topological polar surface area (TPSA) is 72.2 Å². The molecule has 0 bridgehead atoms. The van der Waals surface area contributed by atoms with Crippen molar-refractivity contribution in [3.63, 3.8) is 0 Å². The number of nitrogens with two attached hydrogens (primary N) is 1. The lowest BCUT2D eigenvalue weighted by Crippen LogP contribution is -2.12. The molecule has 1 aromatic carbocycles. The van der Waals surface area contributed by atoms with Crippen molar-refractivity contribution in [2.24, 2.45) is 5.14 Å². The molecule has 0 aliphatic heterocycles. The van der Waals surface area contributed by atoms with Crippen molar-refractivity contribution in [1.29, 1.82) is 0 Å². The maximum absolute atomic E-state index is 11.1. The number of rotatable bonds is 2. The minimum absolute atomic E-state index is 0.0650. The molecule has 4 nitrogen and oxygen atoms in total. The molecule has 0 heterocycles. The van der Waals surface area contributed by atoms with Crippen molar-refractivity contribution in [1.82, 2.24) is 0 Å². The van der Waals surface area contributed by atoms with Crippen LogP contribution in [0, 0.1) is 0 Å². The summed E-state index contributed by atoms with van der Waals surface area (Å²) in [6, 6.07) is 2.90. The highest BCUT2D eigenvalue weighted by atomic mass is 79.9. The van der Waals surface area contributed by atoms with Crippen LogP contribution >= 0.6 is 31.9 Å². The van der Waals surface area contributed by atoms with Crippen LogP contribution in [0.4, 0.5) is 5.69 Å². The van der Waals surface area contributed by atoms with E-state index in [0.717, 1.165) is 5.69 Å².